The number of nitro groups is 1. The number of carbonyl (C=O) groups is 1. The first kappa shape index (κ1) is 12.9. The summed E-state index contributed by atoms with van der Waals surface area (Å²) >= 11 is 0. The molecule has 17 heavy (non-hydrogen) atoms. The van der Waals surface area contributed by atoms with Crippen LogP contribution in [0.15, 0.2) is 12.3 Å². The molecule has 1 aromatic heterocycles. The van der Waals surface area contributed by atoms with E-state index in [-0.39, 0.29) is 17.1 Å². The lowest BCUT2D eigenvalue weighted by molar-refractivity contribution is -0.384. The van der Waals surface area contributed by atoms with Crippen molar-refractivity contribution in [2.75, 3.05) is 19.0 Å². The van der Waals surface area contributed by atoms with Crippen molar-refractivity contribution in [3.05, 3.63) is 27.9 Å². The van der Waals surface area contributed by atoms with Gasteiger partial charge in [0.2, 0.25) is 5.82 Å². The van der Waals surface area contributed by atoms with Crippen molar-refractivity contribution in [1.82, 2.24) is 4.98 Å². The normalized spacial score (nSPS) is 9.76. The van der Waals surface area contributed by atoms with Gasteiger partial charge in [-0.15, -0.1) is 0 Å². The molecule has 1 N–H and O–H groups in total. The smallest absolute Gasteiger partial charge is 0.339 e. The molecular formula is C10H13N3O4. The predicted octanol–water partition coefficient (Wildman–Crippen LogP) is 1.60. The number of hydrogen-bond donors (Lipinski definition) is 1. The average molecular weight is 239 g/mol. The number of nitrogens with zero attached hydrogens (tertiary/aromatic N) is 2. The summed E-state index contributed by atoms with van der Waals surface area (Å²) in [6.45, 7) is 2.51. The zero-order chi connectivity index (χ0) is 12.8. The van der Waals surface area contributed by atoms with Crippen LogP contribution < -0.4 is 5.32 Å². The minimum absolute atomic E-state index is 0.0567. The van der Waals surface area contributed by atoms with E-state index in [1.807, 2.05) is 6.92 Å². The van der Waals surface area contributed by atoms with E-state index in [0.717, 1.165) is 12.5 Å². The molecule has 0 fully saturated rings. The Balaban J connectivity index is 3.08. The molecule has 0 radical (unpaired) electrons. The van der Waals surface area contributed by atoms with Crippen molar-refractivity contribution in [3.63, 3.8) is 0 Å². The zero-order valence-corrected chi connectivity index (χ0v) is 9.60. The van der Waals surface area contributed by atoms with Crippen molar-refractivity contribution in [2.45, 2.75) is 13.3 Å². The second-order valence-corrected chi connectivity index (χ2v) is 3.27. The Morgan fingerprint density at radius 3 is 2.88 bits per heavy atom. The van der Waals surface area contributed by atoms with Crippen molar-refractivity contribution in [2.24, 2.45) is 0 Å². The molecule has 92 valence electrons. The molecule has 7 heteroatoms. The summed E-state index contributed by atoms with van der Waals surface area (Å²) in [7, 11) is 1.21. The number of esters is 1. The minimum atomic E-state index is -0.650. The summed E-state index contributed by atoms with van der Waals surface area (Å²) < 4.78 is 4.47. The van der Waals surface area contributed by atoms with Gasteiger partial charge in [-0.2, -0.15) is 0 Å². The molecule has 0 aliphatic rings. The molecule has 0 unspecified atom stereocenters. The summed E-state index contributed by atoms with van der Waals surface area (Å²) in [5.74, 6) is -0.493. The lowest BCUT2D eigenvalue weighted by Gasteiger charge is -2.05. The maximum Gasteiger partial charge on any atom is 0.339 e. The van der Waals surface area contributed by atoms with E-state index in [1.54, 1.807) is 0 Å². The number of rotatable bonds is 5. The van der Waals surface area contributed by atoms with E-state index in [2.05, 4.69) is 15.0 Å². The van der Waals surface area contributed by atoms with Crippen LogP contribution in [0.25, 0.3) is 0 Å². The molecule has 7 nitrogen and oxygen atoms in total. The number of aromatic nitrogens is 1. The third-order valence-corrected chi connectivity index (χ3v) is 2.03. The van der Waals surface area contributed by atoms with Crippen LogP contribution in [-0.4, -0.2) is 29.5 Å². The van der Waals surface area contributed by atoms with E-state index in [0.29, 0.717) is 6.54 Å². The standard InChI is InChI=1S/C10H13N3O4/c1-3-4-11-9-8(13(15)16)5-7(6-12-9)10(14)17-2/h5-6H,3-4H2,1-2H3,(H,11,12). The number of anilines is 1. The average Bonchev–Trinajstić information content (AvgIpc) is 2.35. The van der Waals surface area contributed by atoms with Gasteiger partial charge in [0.15, 0.2) is 0 Å². The second-order valence-electron chi connectivity index (χ2n) is 3.27. The van der Waals surface area contributed by atoms with Gasteiger partial charge in [0.1, 0.15) is 0 Å². The molecule has 1 aromatic rings. The van der Waals surface area contributed by atoms with E-state index in [9.17, 15) is 14.9 Å². The fourth-order valence-electron chi connectivity index (χ4n) is 1.20. The van der Waals surface area contributed by atoms with Crippen LogP contribution in [0.5, 0.6) is 0 Å². The van der Waals surface area contributed by atoms with Crippen LogP contribution in [0.4, 0.5) is 11.5 Å². The molecule has 0 atom stereocenters. The van der Waals surface area contributed by atoms with E-state index in [1.165, 1.54) is 13.3 Å². The monoisotopic (exact) mass is 239 g/mol. The molecule has 0 saturated heterocycles. The van der Waals surface area contributed by atoms with E-state index < -0.39 is 10.9 Å². The SMILES string of the molecule is CCCNc1ncc(C(=O)OC)cc1[N+](=O)[O-]. The lowest BCUT2D eigenvalue weighted by atomic mass is 10.2. The third-order valence-electron chi connectivity index (χ3n) is 2.03. The van der Waals surface area contributed by atoms with Gasteiger partial charge in [-0.3, -0.25) is 10.1 Å². The van der Waals surface area contributed by atoms with Crippen LogP contribution in [0.2, 0.25) is 0 Å². The highest BCUT2D eigenvalue weighted by atomic mass is 16.6. The van der Waals surface area contributed by atoms with Gasteiger partial charge >= 0.3 is 11.7 Å². The van der Waals surface area contributed by atoms with Crippen molar-refractivity contribution < 1.29 is 14.5 Å². The highest BCUT2D eigenvalue weighted by Gasteiger charge is 2.18. The number of pyridine rings is 1. The first-order valence-corrected chi connectivity index (χ1v) is 5.06. The Bertz CT molecular complexity index is 434. The molecule has 0 aliphatic heterocycles. The molecule has 0 bridgehead atoms. The predicted molar refractivity (Wildman–Crippen MR) is 61.0 cm³/mol. The van der Waals surface area contributed by atoms with Gasteiger partial charge in [0, 0.05) is 18.8 Å². The fourth-order valence-corrected chi connectivity index (χ4v) is 1.20. The van der Waals surface area contributed by atoms with Gasteiger partial charge in [-0.1, -0.05) is 6.92 Å². The first-order valence-electron chi connectivity index (χ1n) is 5.06. The third kappa shape index (κ3) is 3.13. The Kier molecular flexibility index (Phi) is 4.38. The zero-order valence-electron chi connectivity index (χ0n) is 9.60. The maximum absolute atomic E-state index is 11.2. The second kappa shape index (κ2) is 5.78. The molecule has 0 aliphatic carbocycles. The fraction of sp³-hybridized carbons (Fsp3) is 0.400. The Morgan fingerprint density at radius 1 is 1.65 bits per heavy atom. The van der Waals surface area contributed by atoms with Gasteiger partial charge in [0.25, 0.3) is 0 Å². The molecule has 1 rings (SSSR count). The molecule has 0 saturated carbocycles. The number of carbonyl (C=O) groups excluding carboxylic acids is 1. The van der Waals surface area contributed by atoms with Crippen LogP contribution in [0.1, 0.15) is 23.7 Å². The Labute approximate surface area is 98.0 Å². The van der Waals surface area contributed by atoms with Crippen LogP contribution in [0.3, 0.4) is 0 Å². The quantitative estimate of drug-likeness (QED) is 0.476. The van der Waals surface area contributed by atoms with Gasteiger partial charge in [-0.25, -0.2) is 9.78 Å². The summed E-state index contributed by atoms with van der Waals surface area (Å²) in [5, 5.41) is 13.6. The topological polar surface area (TPSA) is 94.4 Å². The summed E-state index contributed by atoms with van der Waals surface area (Å²) in [4.78, 5) is 25.3. The van der Waals surface area contributed by atoms with Crippen LogP contribution in [-0.2, 0) is 4.74 Å². The van der Waals surface area contributed by atoms with Gasteiger partial charge in [0.05, 0.1) is 17.6 Å². The first-order chi connectivity index (χ1) is 8.10. The highest BCUT2D eigenvalue weighted by Crippen LogP contribution is 2.22. The molecule has 1 heterocycles. The van der Waals surface area contributed by atoms with Crippen LogP contribution >= 0.6 is 0 Å². The molecule has 0 amide bonds. The molecule has 0 spiro atoms. The lowest BCUT2D eigenvalue weighted by Crippen LogP contribution is -2.08. The van der Waals surface area contributed by atoms with E-state index >= 15 is 0 Å². The van der Waals surface area contributed by atoms with Gasteiger partial charge in [-0.05, 0) is 6.42 Å². The summed E-state index contributed by atoms with van der Waals surface area (Å²) in [5.41, 5.74) is -0.178. The van der Waals surface area contributed by atoms with Crippen molar-refractivity contribution in [1.29, 1.82) is 0 Å². The summed E-state index contributed by atoms with van der Waals surface area (Å²) in [6.07, 6.45) is 2.06. The van der Waals surface area contributed by atoms with Crippen molar-refractivity contribution in [3.8, 4) is 0 Å². The van der Waals surface area contributed by atoms with Gasteiger partial charge < -0.3 is 10.1 Å². The highest BCUT2D eigenvalue weighted by molar-refractivity contribution is 5.90. The Hall–Kier alpha value is -2.18. The maximum atomic E-state index is 11.2. The number of hydrogen-bond acceptors (Lipinski definition) is 6. The number of ether oxygens (including phenoxy) is 1. The van der Waals surface area contributed by atoms with Crippen molar-refractivity contribution >= 4 is 17.5 Å². The minimum Gasteiger partial charge on any atom is -0.465 e. The van der Waals surface area contributed by atoms with Crippen LogP contribution in [0, 0.1) is 10.1 Å². The van der Waals surface area contributed by atoms with E-state index in [4.69, 9.17) is 0 Å². The largest absolute Gasteiger partial charge is 0.465 e. The molecule has 0 aromatic carbocycles. The summed E-state index contributed by atoms with van der Waals surface area (Å²) in [6, 6.07) is 1.15. The Morgan fingerprint density at radius 2 is 2.35 bits per heavy atom. The number of methoxy groups -OCH3 is 1. The number of nitrogens with one attached hydrogen (secondary N) is 1. The molecular weight excluding hydrogens is 226 g/mol.